The van der Waals surface area contributed by atoms with Crippen LogP contribution >= 0.6 is 0 Å². The molecule has 0 spiro atoms. The van der Waals surface area contributed by atoms with Gasteiger partial charge in [0.05, 0.1) is 5.56 Å². The van der Waals surface area contributed by atoms with Crippen molar-refractivity contribution in [3.05, 3.63) is 35.9 Å². The van der Waals surface area contributed by atoms with Crippen LogP contribution in [0.2, 0.25) is 0 Å². The Labute approximate surface area is 67.6 Å². The van der Waals surface area contributed by atoms with E-state index < -0.39 is 0 Å². The van der Waals surface area contributed by atoms with Crippen molar-refractivity contribution < 1.29 is 8.58 Å². The van der Waals surface area contributed by atoms with E-state index in [4.69, 9.17) is 0 Å². The molecule has 0 N–H and O–H groups in total. The lowest BCUT2D eigenvalue weighted by atomic mass is 10.2. The Kier molecular flexibility index (Phi) is 2.50. The monoisotopic (exact) mass is 150 g/mol. The van der Waals surface area contributed by atoms with Crippen molar-refractivity contribution >= 4 is 22.6 Å². The Morgan fingerprint density at radius 2 is 1.90 bits per heavy atom. The van der Waals surface area contributed by atoms with Gasteiger partial charge in [0.15, 0.2) is 0 Å². The van der Waals surface area contributed by atoms with Crippen LogP contribution in [0.5, 0.6) is 0 Å². The van der Waals surface area contributed by atoms with Gasteiger partial charge in [-0.1, -0.05) is 18.2 Å². The number of hydrogen-bond donors (Lipinski definition) is 0. The molecule has 0 amide bonds. The molecule has 3 heteroatoms. The van der Waals surface area contributed by atoms with Crippen molar-refractivity contribution in [3.63, 3.8) is 0 Å². The molecule has 0 saturated heterocycles. The maximum absolute atomic E-state index is 10.8. The smallest absolute Gasteiger partial charge is 0.499 e. The van der Waals surface area contributed by atoms with Gasteiger partial charge in [0.2, 0.25) is 0 Å². The molecule has 0 fully saturated rings. The van der Waals surface area contributed by atoms with Crippen LogP contribution in [0.1, 0.15) is 10.4 Å². The molecule has 0 aliphatic carbocycles. The first kappa shape index (κ1) is 7.33. The molecule has 0 aliphatic heterocycles. The van der Waals surface area contributed by atoms with Crippen LogP contribution in [0.25, 0.3) is 0 Å². The minimum atomic E-state index is -0.229. The first-order chi connectivity index (χ1) is 4.84. The van der Waals surface area contributed by atoms with Crippen molar-refractivity contribution in [2.24, 2.45) is 0 Å². The van der Waals surface area contributed by atoms with Crippen molar-refractivity contribution in [1.82, 2.24) is 0 Å². The summed E-state index contributed by atoms with van der Waals surface area (Å²) in [5, 5.41) is 0. The summed E-state index contributed by atoms with van der Waals surface area (Å²) in [7, 11) is 0. The maximum Gasteiger partial charge on any atom is 0.499 e. The van der Waals surface area contributed by atoms with E-state index >= 15 is 0 Å². The number of benzene rings is 1. The predicted octanol–water partition coefficient (Wildman–Crippen LogP) is 0.391. The molecule has 0 radical (unpaired) electrons. The molecule has 0 atom stereocenters. The molecular weight excluding hydrogens is 143 g/mol. The number of carbonyl (C=O) groups excluding carboxylic acids is 1. The highest BCUT2D eigenvalue weighted by molar-refractivity contribution is 6.09. The van der Waals surface area contributed by atoms with Gasteiger partial charge < -0.3 is 3.79 Å². The lowest BCUT2D eigenvalue weighted by Crippen LogP contribution is -2.00. The second-order valence-corrected chi connectivity index (χ2v) is 2.27. The van der Waals surface area contributed by atoms with Crippen molar-refractivity contribution in [1.29, 1.82) is 0 Å². The summed E-state index contributed by atoms with van der Waals surface area (Å²) in [6.45, 7) is 0. The van der Waals surface area contributed by atoms with Gasteiger partial charge >= 0.3 is 22.6 Å². The molecule has 2 nitrogen and oxygen atoms in total. The van der Waals surface area contributed by atoms with Crippen LogP contribution < -0.4 is 0 Å². The van der Waals surface area contributed by atoms with Crippen molar-refractivity contribution in [2.45, 2.75) is 0 Å². The second kappa shape index (κ2) is 3.41. The standard InChI is InChI=1S/C7H6O2.Al.2H/c8-7(9)6-4-2-1-3-5-6;;;/h1-5H,(H,8,9);;;/q;+1;;/p-1. The molecule has 0 unspecified atom stereocenters. The zero-order valence-electron chi connectivity index (χ0n) is 5.70. The van der Waals surface area contributed by atoms with E-state index in [1.54, 1.807) is 12.1 Å². The van der Waals surface area contributed by atoms with Gasteiger partial charge in [0.25, 0.3) is 0 Å². The maximum atomic E-state index is 10.8. The Morgan fingerprint density at radius 3 is 2.40 bits per heavy atom. The lowest BCUT2D eigenvalue weighted by molar-refractivity contribution is 0.0749. The molecule has 0 saturated carbocycles. The summed E-state index contributed by atoms with van der Waals surface area (Å²) in [5.41, 5.74) is 0.623. The average Bonchev–Trinajstić information content (AvgIpc) is 2.05. The van der Waals surface area contributed by atoms with E-state index in [1.807, 2.05) is 18.2 Å². The summed E-state index contributed by atoms with van der Waals surface area (Å²) in [6, 6.07) is 8.96. The van der Waals surface area contributed by atoms with E-state index in [9.17, 15) is 4.79 Å². The van der Waals surface area contributed by atoms with E-state index in [-0.39, 0.29) is 5.97 Å². The van der Waals surface area contributed by atoms with Crippen LogP contribution in [-0.2, 0) is 3.79 Å². The number of hydrogen-bond acceptors (Lipinski definition) is 2. The molecule has 0 aromatic heterocycles. The quantitative estimate of drug-likeness (QED) is 0.541. The molecule has 1 aromatic carbocycles. The zero-order chi connectivity index (χ0) is 7.40. The van der Waals surface area contributed by atoms with Crippen LogP contribution in [0, 0.1) is 0 Å². The first-order valence-electron chi connectivity index (χ1n) is 2.98. The van der Waals surface area contributed by atoms with E-state index in [2.05, 4.69) is 3.79 Å². The third-order valence-corrected chi connectivity index (χ3v) is 1.57. The summed E-state index contributed by atoms with van der Waals surface area (Å²) in [6.07, 6.45) is 0. The van der Waals surface area contributed by atoms with E-state index in [0.717, 1.165) is 0 Å². The van der Waals surface area contributed by atoms with Gasteiger partial charge in [-0.05, 0) is 12.1 Å². The molecule has 50 valence electrons. The average molecular weight is 150 g/mol. The van der Waals surface area contributed by atoms with Gasteiger partial charge in [0.1, 0.15) is 0 Å². The van der Waals surface area contributed by atoms with E-state index in [0.29, 0.717) is 22.2 Å². The van der Waals surface area contributed by atoms with Crippen molar-refractivity contribution in [3.8, 4) is 0 Å². The van der Waals surface area contributed by atoms with Crippen LogP contribution in [0.15, 0.2) is 30.3 Å². The van der Waals surface area contributed by atoms with Crippen LogP contribution in [0.4, 0.5) is 0 Å². The Morgan fingerprint density at radius 1 is 1.30 bits per heavy atom. The third-order valence-electron chi connectivity index (χ3n) is 1.19. The normalized spacial score (nSPS) is 8.80. The lowest BCUT2D eigenvalue weighted by Gasteiger charge is -1.97. The summed E-state index contributed by atoms with van der Waals surface area (Å²) in [4.78, 5) is 10.8. The summed E-state index contributed by atoms with van der Waals surface area (Å²) >= 11 is 0.458. The minimum Gasteiger partial charge on any atom is -0.618 e. The Balaban J connectivity index is 2.85. The minimum absolute atomic E-state index is 0.229. The molecule has 1 rings (SSSR count). The summed E-state index contributed by atoms with van der Waals surface area (Å²) in [5.74, 6) is -0.229. The van der Waals surface area contributed by atoms with Gasteiger partial charge in [-0.3, -0.25) is 0 Å². The highest BCUT2D eigenvalue weighted by atomic mass is 27.1. The Hall–Kier alpha value is -0.778. The first-order valence-corrected chi connectivity index (χ1v) is 3.79. The molecule has 0 aliphatic rings. The topological polar surface area (TPSA) is 26.3 Å². The summed E-state index contributed by atoms with van der Waals surface area (Å²) < 4.78 is 4.64. The fraction of sp³-hybridized carbons (Fsp3) is 0. The van der Waals surface area contributed by atoms with Crippen LogP contribution in [-0.4, -0.2) is 22.6 Å². The highest BCUT2D eigenvalue weighted by Gasteiger charge is 1.99. The largest absolute Gasteiger partial charge is 0.618 e. The fourth-order valence-corrected chi connectivity index (χ4v) is 0.928. The SMILES string of the molecule is O=C([O][AlH2])c1ccccc1. The van der Waals surface area contributed by atoms with Crippen molar-refractivity contribution in [2.75, 3.05) is 0 Å². The molecular formula is C7H7AlO2. The molecule has 0 heterocycles. The fourth-order valence-electron chi connectivity index (χ4n) is 0.692. The zero-order valence-corrected chi connectivity index (χ0v) is 7.70. The van der Waals surface area contributed by atoms with Crippen LogP contribution in [0.3, 0.4) is 0 Å². The Bertz CT molecular complexity index is 220. The molecule has 1 aromatic rings. The van der Waals surface area contributed by atoms with Gasteiger partial charge in [-0.15, -0.1) is 0 Å². The molecule has 10 heavy (non-hydrogen) atoms. The predicted molar refractivity (Wildman–Crippen MR) is 40.4 cm³/mol. The van der Waals surface area contributed by atoms with E-state index in [1.165, 1.54) is 0 Å². The number of rotatable bonds is 1. The number of carbonyl (C=O) groups is 1. The molecule has 0 bridgehead atoms. The van der Waals surface area contributed by atoms with Gasteiger partial charge in [0, 0.05) is 0 Å². The third kappa shape index (κ3) is 1.60. The second-order valence-electron chi connectivity index (χ2n) is 1.86. The van der Waals surface area contributed by atoms with Gasteiger partial charge in [-0.2, -0.15) is 0 Å². The highest BCUT2D eigenvalue weighted by Crippen LogP contribution is 1.98. The van der Waals surface area contributed by atoms with Gasteiger partial charge in [-0.25, -0.2) is 4.79 Å².